The summed E-state index contributed by atoms with van der Waals surface area (Å²) in [6.45, 7) is 4.38. The fourth-order valence-corrected chi connectivity index (χ4v) is 2.77. The van der Waals surface area contributed by atoms with Gasteiger partial charge in [-0.15, -0.1) is 11.8 Å². The number of hydrogen-bond acceptors (Lipinski definition) is 3. The van der Waals surface area contributed by atoms with Gasteiger partial charge in [0.15, 0.2) is 0 Å². The standard InChI is InChI=1S/C13H20ClNOS/c1-9(2)7-12(15)13(8-16)17-11-5-3-10(14)4-6-11/h3-6,9,12-13,16H,7-8,15H2,1-2H3. The van der Waals surface area contributed by atoms with Crippen molar-refractivity contribution in [3.63, 3.8) is 0 Å². The molecule has 2 unspecified atom stereocenters. The van der Waals surface area contributed by atoms with E-state index in [0.717, 1.165) is 16.3 Å². The second-order valence-electron chi connectivity index (χ2n) is 4.59. The van der Waals surface area contributed by atoms with Crippen molar-refractivity contribution in [3.05, 3.63) is 29.3 Å². The third-order valence-electron chi connectivity index (χ3n) is 2.50. The molecule has 0 aliphatic carbocycles. The van der Waals surface area contributed by atoms with E-state index in [0.29, 0.717) is 5.92 Å². The quantitative estimate of drug-likeness (QED) is 0.783. The molecule has 2 atom stereocenters. The van der Waals surface area contributed by atoms with Gasteiger partial charge in [-0.3, -0.25) is 0 Å². The van der Waals surface area contributed by atoms with Crippen molar-refractivity contribution in [2.75, 3.05) is 6.61 Å². The molecule has 0 heterocycles. The molecule has 4 heteroatoms. The minimum absolute atomic E-state index is 0.0145. The molecule has 0 radical (unpaired) electrons. The van der Waals surface area contributed by atoms with Crippen molar-refractivity contribution in [2.24, 2.45) is 11.7 Å². The summed E-state index contributed by atoms with van der Waals surface area (Å²) in [6.07, 6.45) is 0.922. The van der Waals surface area contributed by atoms with Crippen molar-refractivity contribution in [1.82, 2.24) is 0 Å². The molecule has 0 fully saturated rings. The van der Waals surface area contributed by atoms with E-state index in [1.807, 2.05) is 24.3 Å². The maximum absolute atomic E-state index is 9.40. The zero-order chi connectivity index (χ0) is 12.8. The predicted molar refractivity (Wildman–Crippen MR) is 75.6 cm³/mol. The highest BCUT2D eigenvalue weighted by Crippen LogP contribution is 2.27. The van der Waals surface area contributed by atoms with Gasteiger partial charge >= 0.3 is 0 Å². The Kier molecular flexibility index (Phi) is 6.34. The monoisotopic (exact) mass is 273 g/mol. The van der Waals surface area contributed by atoms with Crippen LogP contribution in [0.25, 0.3) is 0 Å². The lowest BCUT2D eigenvalue weighted by Gasteiger charge is -2.23. The number of thioether (sulfide) groups is 1. The molecule has 0 saturated heterocycles. The zero-order valence-electron chi connectivity index (χ0n) is 10.3. The largest absolute Gasteiger partial charge is 0.395 e. The average molecular weight is 274 g/mol. The second kappa shape index (κ2) is 7.27. The van der Waals surface area contributed by atoms with Crippen LogP contribution in [0.5, 0.6) is 0 Å². The van der Waals surface area contributed by atoms with Crippen LogP contribution in [0.15, 0.2) is 29.2 Å². The summed E-state index contributed by atoms with van der Waals surface area (Å²) in [7, 11) is 0. The molecule has 0 spiro atoms. The van der Waals surface area contributed by atoms with Gasteiger partial charge in [-0.25, -0.2) is 0 Å². The molecular weight excluding hydrogens is 254 g/mol. The molecule has 0 aliphatic heterocycles. The minimum atomic E-state index is 0.0145. The van der Waals surface area contributed by atoms with E-state index in [-0.39, 0.29) is 17.9 Å². The first-order valence-electron chi connectivity index (χ1n) is 5.81. The van der Waals surface area contributed by atoms with Crippen molar-refractivity contribution in [3.8, 4) is 0 Å². The van der Waals surface area contributed by atoms with E-state index in [1.165, 1.54) is 0 Å². The fraction of sp³-hybridized carbons (Fsp3) is 0.538. The molecule has 1 aromatic rings. The SMILES string of the molecule is CC(C)CC(N)C(CO)Sc1ccc(Cl)cc1. The van der Waals surface area contributed by atoms with E-state index < -0.39 is 0 Å². The molecule has 3 N–H and O–H groups in total. The molecule has 0 aliphatic rings. The summed E-state index contributed by atoms with van der Waals surface area (Å²) >= 11 is 7.44. The average Bonchev–Trinajstić information content (AvgIpc) is 2.27. The number of rotatable bonds is 6. The van der Waals surface area contributed by atoms with E-state index in [4.69, 9.17) is 17.3 Å². The highest BCUT2D eigenvalue weighted by atomic mass is 35.5. The number of benzene rings is 1. The Morgan fingerprint density at radius 1 is 1.29 bits per heavy atom. The van der Waals surface area contributed by atoms with Crippen molar-refractivity contribution >= 4 is 23.4 Å². The number of hydrogen-bond donors (Lipinski definition) is 2. The Hall–Kier alpha value is -0.220. The van der Waals surface area contributed by atoms with Gasteiger partial charge in [0.05, 0.1) is 6.61 Å². The fourth-order valence-electron chi connectivity index (χ4n) is 1.64. The lowest BCUT2D eigenvalue weighted by atomic mass is 10.0. The van der Waals surface area contributed by atoms with Crippen LogP contribution in [-0.4, -0.2) is 23.0 Å². The first kappa shape index (κ1) is 14.8. The van der Waals surface area contributed by atoms with Gasteiger partial charge < -0.3 is 10.8 Å². The Morgan fingerprint density at radius 2 is 1.88 bits per heavy atom. The third-order valence-corrected chi connectivity index (χ3v) is 4.10. The van der Waals surface area contributed by atoms with Gasteiger partial charge in [-0.2, -0.15) is 0 Å². The van der Waals surface area contributed by atoms with Gasteiger partial charge in [0.1, 0.15) is 0 Å². The molecule has 96 valence electrons. The van der Waals surface area contributed by atoms with Crippen LogP contribution >= 0.6 is 23.4 Å². The van der Waals surface area contributed by atoms with Gasteiger partial charge in [-0.1, -0.05) is 25.4 Å². The van der Waals surface area contributed by atoms with Crippen LogP contribution in [0.3, 0.4) is 0 Å². The van der Waals surface area contributed by atoms with Crippen molar-refractivity contribution in [2.45, 2.75) is 36.5 Å². The molecule has 0 aromatic heterocycles. The zero-order valence-corrected chi connectivity index (χ0v) is 11.8. The summed E-state index contributed by atoms with van der Waals surface area (Å²) in [5, 5.41) is 10.2. The van der Waals surface area contributed by atoms with Crippen molar-refractivity contribution in [1.29, 1.82) is 0 Å². The maximum Gasteiger partial charge on any atom is 0.0568 e. The van der Waals surface area contributed by atoms with Gasteiger partial charge in [0.2, 0.25) is 0 Å². The molecular formula is C13H20ClNOS. The number of halogens is 1. The molecule has 0 amide bonds. The minimum Gasteiger partial charge on any atom is -0.395 e. The van der Waals surface area contributed by atoms with E-state index in [1.54, 1.807) is 11.8 Å². The molecule has 1 rings (SSSR count). The Balaban J connectivity index is 2.59. The van der Waals surface area contributed by atoms with Crippen LogP contribution in [-0.2, 0) is 0 Å². The topological polar surface area (TPSA) is 46.2 Å². The summed E-state index contributed by atoms with van der Waals surface area (Å²) in [6, 6.07) is 7.63. The normalized spacial score (nSPS) is 14.9. The van der Waals surface area contributed by atoms with Crippen LogP contribution < -0.4 is 5.73 Å². The summed E-state index contributed by atoms with van der Waals surface area (Å²) in [5.74, 6) is 0.546. The lowest BCUT2D eigenvalue weighted by molar-refractivity contribution is 0.275. The highest BCUT2D eigenvalue weighted by molar-refractivity contribution is 8.00. The summed E-state index contributed by atoms with van der Waals surface area (Å²) in [5.41, 5.74) is 6.10. The van der Waals surface area contributed by atoms with Crippen LogP contribution in [0.1, 0.15) is 20.3 Å². The van der Waals surface area contributed by atoms with Crippen molar-refractivity contribution < 1.29 is 5.11 Å². The second-order valence-corrected chi connectivity index (χ2v) is 6.34. The predicted octanol–water partition coefficient (Wildman–Crippen LogP) is 3.17. The molecule has 2 nitrogen and oxygen atoms in total. The van der Waals surface area contributed by atoms with E-state index in [9.17, 15) is 5.11 Å². The molecule has 17 heavy (non-hydrogen) atoms. The van der Waals surface area contributed by atoms with Crippen LogP contribution in [0.4, 0.5) is 0 Å². The van der Waals surface area contributed by atoms with Gasteiger partial charge in [0.25, 0.3) is 0 Å². The molecule has 0 bridgehead atoms. The van der Waals surface area contributed by atoms with Crippen LogP contribution in [0, 0.1) is 5.92 Å². The molecule has 1 aromatic carbocycles. The van der Waals surface area contributed by atoms with E-state index in [2.05, 4.69) is 13.8 Å². The van der Waals surface area contributed by atoms with Gasteiger partial charge in [-0.05, 0) is 36.6 Å². The first-order valence-corrected chi connectivity index (χ1v) is 7.07. The lowest BCUT2D eigenvalue weighted by Crippen LogP contribution is -2.36. The summed E-state index contributed by atoms with van der Waals surface area (Å²) in [4.78, 5) is 1.09. The highest BCUT2D eigenvalue weighted by Gasteiger charge is 2.19. The Morgan fingerprint density at radius 3 is 2.35 bits per heavy atom. The third kappa shape index (κ3) is 5.30. The number of nitrogens with two attached hydrogens (primary N) is 1. The first-order chi connectivity index (χ1) is 8.02. The molecule has 0 saturated carbocycles. The Labute approximate surface area is 113 Å². The number of aliphatic hydroxyl groups is 1. The Bertz CT molecular complexity index is 329. The number of aliphatic hydroxyl groups excluding tert-OH is 1. The van der Waals surface area contributed by atoms with Crippen LogP contribution in [0.2, 0.25) is 5.02 Å². The van der Waals surface area contributed by atoms with Gasteiger partial charge in [0, 0.05) is 21.2 Å². The maximum atomic E-state index is 9.40. The summed E-state index contributed by atoms with van der Waals surface area (Å²) < 4.78 is 0. The van der Waals surface area contributed by atoms with E-state index >= 15 is 0 Å². The smallest absolute Gasteiger partial charge is 0.0568 e.